The van der Waals surface area contributed by atoms with E-state index in [4.69, 9.17) is 9.47 Å². The molecule has 3 heteroatoms. The summed E-state index contributed by atoms with van der Waals surface area (Å²) < 4.78 is 13.5. The van der Waals surface area contributed by atoms with Gasteiger partial charge in [-0.2, -0.15) is 0 Å². The maximum Gasteiger partial charge on any atom is 0.169 e. The van der Waals surface area contributed by atoms with Crippen LogP contribution in [-0.2, 0) is 9.47 Å². The summed E-state index contributed by atoms with van der Waals surface area (Å²) in [5, 5.41) is 0. The van der Waals surface area contributed by atoms with Gasteiger partial charge in [-0.15, -0.1) is 0 Å². The Morgan fingerprint density at radius 1 is 0.429 bits per heavy atom. The Kier molecular flexibility index (Phi) is 28.3. The quantitative estimate of drug-likeness (QED) is 0.0498. The SMILES string of the molecule is CCCCC/C=C\C/C=C\CCCCCCCCCCC1(CCCCCCCCCC/C=C\C/C=C\CCCCC)O[C@H]2CN(C)C[C@H]2O1. The fourth-order valence-corrected chi connectivity index (χ4v) is 7.56. The van der Waals surface area contributed by atoms with Crippen LogP contribution in [0.2, 0.25) is 0 Å². The summed E-state index contributed by atoms with van der Waals surface area (Å²) >= 11 is 0. The van der Waals surface area contributed by atoms with Crippen molar-refractivity contribution in [1.82, 2.24) is 4.90 Å². The number of hydrogen-bond donors (Lipinski definition) is 0. The summed E-state index contributed by atoms with van der Waals surface area (Å²) in [5.41, 5.74) is 0. The maximum absolute atomic E-state index is 6.73. The molecule has 2 saturated heterocycles. The van der Waals surface area contributed by atoms with Gasteiger partial charge in [-0.3, -0.25) is 0 Å². The van der Waals surface area contributed by atoms with Crippen molar-refractivity contribution < 1.29 is 9.47 Å². The smallest absolute Gasteiger partial charge is 0.169 e. The van der Waals surface area contributed by atoms with Crippen molar-refractivity contribution in [1.29, 1.82) is 0 Å². The zero-order valence-corrected chi connectivity index (χ0v) is 33.2. The Balaban J connectivity index is 1.45. The zero-order chi connectivity index (χ0) is 34.9. The fraction of sp³-hybridized carbons (Fsp3) is 0.826. The summed E-state index contributed by atoms with van der Waals surface area (Å²) in [6, 6.07) is 0. The van der Waals surface area contributed by atoms with Crippen molar-refractivity contribution in [2.45, 2.75) is 224 Å². The van der Waals surface area contributed by atoms with E-state index in [0.29, 0.717) is 0 Å². The van der Waals surface area contributed by atoms with Crippen LogP contribution < -0.4 is 0 Å². The van der Waals surface area contributed by atoms with Gasteiger partial charge in [-0.1, -0.05) is 165 Å². The van der Waals surface area contributed by atoms with Crippen LogP contribution in [0.25, 0.3) is 0 Å². The lowest BCUT2D eigenvalue weighted by molar-refractivity contribution is -0.193. The molecule has 0 unspecified atom stereocenters. The van der Waals surface area contributed by atoms with Crippen molar-refractivity contribution in [2.24, 2.45) is 0 Å². The number of nitrogens with zero attached hydrogens (tertiary/aromatic N) is 1. The van der Waals surface area contributed by atoms with Crippen LogP contribution in [0.4, 0.5) is 0 Å². The molecule has 2 aliphatic rings. The van der Waals surface area contributed by atoms with Gasteiger partial charge in [0, 0.05) is 25.9 Å². The highest BCUT2D eigenvalue weighted by Gasteiger charge is 2.49. The molecule has 0 aliphatic carbocycles. The van der Waals surface area contributed by atoms with Crippen LogP contribution >= 0.6 is 0 Å². The highest BCUT2D eigenvalue weighted by Crippen LogP contribution is 2.40. The van der Waals surface area contributed by atoms with E-state index in [9.17, 15) is 0 Å². The Morgan fingerprint density at radius 3 is 1.08 bits per heavy atom. The third-order valence-corrected chi connectivity index (χ3v) is 10.6. The molecule has 0 bridgehead atoms. The molecule has 284 valence electrons. The van der Waals surface area contributed by atoms with E-state index in [1.807, 2.05) is 0 Å². The van der Waals surface area contributed by atoms with Crippen molar-refractivity contribution >= 4 is 0 Å². The highest BCUT2D eigenvalue weighted by molar-refractivity contribution is 4.95. The topological polar surface area (TPSA) is 21.7 Å². The number of likely N-dealkylation sites (tertiary alicyclic amines) is 1. The number of ether oxygens (including phenoxy) is 2. The summed E-state index contributed by atoms with van der Waals surface area (Å²) in [7, 11) is 2.20. The lowest BCUT2D eigenvalue weighted by Crippen LogP contribution is -2.34. The summed E-state index contributed by atoms with van der Waals surface area (Å²) in [5.74, 6) is -0.298. The van der Waals surface area contributed by atoms with Gasteiger partial charge in [0.25, 0.3) is 0 Å². The standard InChI is InChI=1S/C46H83NO2/c1-4-6-8-10-12-14-16-18-20-22-24-26-28-30-32-34-36-38-40-46(48-44-42-47(3)43-45(44)49-46)41-39-37-35-33-31-29-27-25-23-21-19-17-15-13-11-9-7-5-2/h12-15,18-21,44-45H,4-11,16-17,22-43H2,1-3H3/b14-12-,15-13-,20-18-,21-19-/t44-,45+. The average molecular weight is 682 g/mol. The van der Waals surface area contributed by atoms with E-state index in [1.165, 1.54) is 167 Å². The van der Waals surface area contributed by atoms with Crippen LogP contribution in [0, 0.1) is 0 Å². The molecule has 0 spiro atoms. The second-order valence-corrected chi connectivity index (χ2v) is 15.5. The molecule has 3 nitrogen and oxygen atoms in total. The first kappa shape index (κ1) is 44.0. The van der Waals surface area contributed by atoms with Crippen molar-refractivity contribution in [3.05, 3.63) is 48.6 Å². The second kappa shape index (κ2) is 31.6. The molecule has 0 aromatic rings. The first-order valence-electron chi connectivity index (χ1n) is 21.8. The molecule has 2 rings (SSSR count). The van der Waals surface area contributed by atoms with E-state index in [-0.39, 0.29) is 18.0 Å². The number of rotatable bonds is 34. The van der Waals surface area contributed by atoms with Gasteiger partial charge >= 0.3 is 0 Å². The van der Waals surface area contributed by atoms with Crippen LogP contribution in [0.3, 0.4) is 0 Å². The number of unbranched alkanes of at least 4 members (excludes halogenated alkanes) is 22. The van der Waals surface area contributed by atoms with Gasteiger partial charge in [0.1, 0.15) is 12.2 Å². The molecule has 0 aromatic heterocycles. The van der Waals surface area contributed by atoms with Gasteiger partial charge in [0.15, 0.2) is 5.79 Å². The lowest BCUT2D eigenvalue weighted by Gasteiger charge is -2.30. The van der Waals surface area contributed by atoms with Crippen LogP contribution in [0.15, 0.2) is 48.6 Å². The van der Waals surface area contributed by atoms with E-state index in [2.05, 4.69) is 74.4 Å². The molecular weight excluding hydrogens is 599 g/mol. The van der Waals surface area contributed by atoms with Gasteiger partial charge in [-0.05, 0) is 84.1 Å². The van der Waals surface area contributed by atoms with Crippen LogP contribution in [-0.4, -0.2) is 43.0 Å². The van der Waals surface area contributed by atoms with Gasteiger partial charge in [-0.25, -0.2) is 0 Å². The molecule has 2 fully saturated rings. The molecule has 0 aromatic carbocycles. The minimum atomic E-state index is -0.298. The molecule has 2 atom stereocenters. The molecule has 2 heterocycles. The number of hydrogen-bond acceptors (Lipinski definition) is 3. The first-order chi connectivity index (χ1) is 24.2. The second-order valence-electron chi connectivity index (χ2n) is 15.5. The fourth-order valence-electron chi connectivity index (χ4n) is 7.56. The molecule has 0 amide bonds. The van der Waals surface area contributed by atoms with Crippen molar-refractivity contribution in [2.75, 3.05) is 20.1 Å². The minimum absolute atomic E-state index is 0.286. The van der Waals surface area contributed by atoms with Crippen LogP contribution in [0.1, 0.15) is 206 Å². The van der Waals surface area contributed by atoms with Gasteiger partial charge in [0.2, 0.25) is 0 Å². The van der Waals surface area contributed by atoms with Crippen LogP contribution in [0.5, 0.6) is 0 Å². The molecular formula is C46H83NO2. The van der Waals surface area contributed by atoms with Crippen molar-refractivity contribution in [3.8, 4) is 0 Å². The molecule has 2 aliphatic heterocycles. The largest absolute Gasteiger partial charge is 0.343 e. The number of fused-ring (bicyclic) bond motifs is 1. The Hall–Kier alpha value is -1.16. The summed E-state index contributed by atoms with van der Waals surface area (Å²) in [6.07, 6.45) is 58.6. The van der Waals surface area contributed by atoms with E-state index >= 15 is 0 Å². The predicted octanol–water partition coefficient (Wildman–Crippen LogP) is 14.4. The van der Waals surface area contributed by atoms with E-state index in [1.54, 1.807) is 0 Å². The Bertz CT molecular complexity index is 776. The third kappa shape index (κ3) is 23.8. The molecule has 49 heavy (non-hydrogen) atoms. The molecule has 0 radical (unpaired) electrons. The summed E-state index contributed by atoms with van der Waals surface area (Å²) in [4.78, 5) is 2.37. The van der Waals surface area contributed by atoms with Gasteiger partial charge in [0.05, 0.1) is 0 Å². The predicted molar refractivity (Wildman–Crippen MR) is 216 cm³/mol. The number of allylic oxidation sites excluding steroid dienone is 8. The number of likely N-dealkylation sites (N-methyl/N-ethyl adjacent to an activating group) is 1. The van der Waals surface area contributed by atoms with E-state index in [0.717, 1.165) is 38.8 Å². The highest BCUT2D eigenvalue weighted by atomic mass is 16.8. The average Bonchev–Trinajstić information content (AvgIpc) is 3.61. The monoisotopic (exact) mass is 682 g/mol. The third-order valence-electron chi connectivity index (χ3n) is 10.6. The molecule has 0 saturated carbocycles. The zero-order valence-electron chi connectivity index (χ0n) is 33.2. The first-order valence-corrected chi connectivity index (χ1v) is 21.8. The Morgan fingerprint density at radius 2 is 0.735 bits per heavy atom. The Labute approximate surface area is 306 Å². The lowest BCUT2D eigenvalue weighted by atomic mass is 9.98. The normalized spacial score (nSPS) is 19.6. The van der Waals surface area contributed by atoms with Gasteiger partial charge < -0.3 is 14.4 Å². The summed E-state index contributed by atoms with van der Waals surface area (Å²) in [6.45, 7) is 6.61. The van der Waals surface area contributed by atoms with Crippen molar-refractivity contribution in [3.63, 3.8) is 0 Å². The minimum Gasteiger partial charge on any atom is -0.343 e. The molecule has 0 N–H and O–H groups in total. The maximum atomic E-state index is 6.73. The van der Waals surface area contributed by atoms with E-state index < -0.39 is 0 Å².